The van der Waals surface area contributed by atoms with Crippen LogP contribution in [0.2, 0.25) is 0 Å². The maximum atomic E-state index is 13.9. The Morgan fingerprint density at radius 1 is 1.03 bits per heavy atom. The molecule has 0 spiro atoms. The van der Waals surface area contributed by atoms with E-state index in [4.69, 9.17) is 4.42 Å². The number of amides is 1. The number of halogens is 1. The number of anilines is 1. The van der Waals surface area contributed by atoms with Crippen LogP contribution in [0.25, 0.3) is 33.7 Å². The van der Waals surface area contributed by atoms with Crippen LogP contribution in [0, 0.1) is 5.82 Å². The van der Waals surface area contributed by atoms with Crippen LogP contribution in [0.3, 0.4) is 0 Å². The van der Waals surface area contributed by atoms with Crippen molar-refractivity contribution in [2.45, 2.75) is 12.8 Å². The second-order valence-electron chi connectivity index (χ2n) is 7.33. The summed E-state index contributed by atoms with van der Waals surface area (Å²) in [5, 5.41) is 2.89. The fourth-order valence-electron chi connectivity index (χ4n) is 3.49. The largest absolute Gasteiger partial charge is 0.441 e. The van der Waals surface area contributed by atoms with Crippen LogP contribution in [0.15, 0.2) is 83.4 Å². The molecule has 2 N–H and O–H groups in total. The lowest BCUT2D eigenvalue weighted by atomic mass is 10.2. The Morgan fingerprint density at radius 3 is 2.75 bits per heavy atom. The van der Waals surface area contributed by atoms with Crippen molar-refractivity contribution in [3.05, 3.63) is 90.7 Å². The molecule has 5 rings (SSSR count). The number of aromatic nitrogens is 3. The van der Waals surface area contributed by atoms with Crippen LogP contribution in [0.5, 0.6) is 0 Å². The van der Waals surface area contributed by atoms with E-state index in [2.05, 4.69) is 20.3 Å². The highest BCUT2D eigenvalue weighted by atomic mass is 19.1. The number of nitrogens with zero attached hydrogens (tertiary/aromatic N) is 2. The number of oxazole rings is 1. The quantitative estimate of drug-likeness (QED) is 0.370. The summed E-state index contributed by atoms with van der Waals surface area (Å²) in [6.45, 7) is 0. The first-order valence-electron chi connectivity index (χ1n) is 10.2. The highest BCUT2D eigenvalue weighted by molar-refractivity contribution is 5.91. The third-order valence-corrected chi connectivity index (χ3v) is 5.07. The minimum Gasteiger partial charge on any atom is -0.441 e. The first-order chi connectivity index (χ1) is 15.7. The second kappa shape index (κ2) is 8.47. The fraction of sp³-hybridized carbons (Fsp3) is 0.0800. The van der Waals surface area contributed by atoms with Gasteiger partial charge in [-0.25, -0.2) is 14.4 Å². The summed E-state index contributed by atoms with van der Waals surface area (Å²) in [6, 6.07) is 21.6. The molecule has 6 nitrogen and oxygen atoms in total. The molecule has 5 aromatic rings. The molecular formula is C25H19FN4O2. The van der Waals surface area contributed by atoms with Gasteiger partial charge >= 0.3 is 0 Å². The van der Waals surface area contributed by atoms with Crippen LogP contribution in [-0.4, -0.2) is 20.9 Å². The number of para-hydroxylation sites is 2. The van der Waals surface area contributed by atoms with Crippen molar-refractivity contribution in [2.75, 3.05) is 5.32 Å². The van der Waals surface area contributed by atoms with Crippen molar-refractivity contribution >= 4 is 22.6 Å². The molecule has 2 aromatic heterocycles. The van der Waals surface area contributed by atoms with E-state index >= 15 is 0 Å². The van der Waals surface area contributed by atoms with E-state index in [1.807, 2.05) is 48.5 Å². The first kappa shape index (κ1) is 19.7. The van der Waals surface area contributed by atoms with Gasteiger partial charge in [0.1, 0.15) is 11.6 Å². The Kier molecular flexibility index (Phi) is 5.21. The molecular weight excluding hydrogens is 407 g/mol. The Morgan fingerprint density at radius 2 is 1.88 bits per heavy atom. The molecule has 0 aliphatic carbocycles. The van der Waals surface area contributed by atoms with Gasteiger partial charge in [0.25, 0.3) is 0 Å². The maximum absolute atomic E-state index is 13.9. The number of hydrogen-bond donors (Lipinski definition) is 2. The van der Waals surface area contributed by atoms with E-state index in [0.29, 0.717) is 29.3 Å². The molecule has 0 radical (unpaired) electrons. The smallest absolute Gasteiger partial charge is 0.224 e. The Balaban J connectivity index is 1.23. The average molecular weight is 426 g/mol. The summed E-state index contributed by atoms with van der Waals surface area (Å²) in [4.78, 5) is 24.5. The molecule has 32 heavy (non-hydrogen) atoms. The standard InChI is InChI=1S/C25H19FN4O2/c26-19-9-2-1-8-18(19)22-15-27-24(32-22)13-12-23(31)28-17-7-5-6-16(14-17)25-29-20-10-3-4-11-21(20)30-25/h1-11,14-15H,12-13H2,(H,28,31)(H,29,30). The lowest BCUT2D eigenvalue weighted by Gasteiger charge is -2.06. The van der Waals surface area contributed by atoms with Gasteiger partial charge in [0.15, 0.2) is 11.7 Å². The summed E-state index contributed by atoms with van der Waals surface area (Å²) in [7, 11) is 0. The molecule has 0 bridgehead atoms. The van der Waals surface area contributed by atoms with Crippen molar-refractivity contribution in [2.24, 2.45) is 0 Å². The molecule has 2 heterocycles. The SMILES string of the molecule is O=C(CCc1ncc(-c2ccccc2F)o1)Nc1cccc(-c2nc3ccccc3[nH]2)c1. The number of benzene rings is 3. The Hall–Kier alpha value is -4.26. The number of H-pyrrole nitrogens is 1. The third-order valence-electron chi connectivity index (χ3n) is 5.07. The van der Waals surface area contributed by atoms with Crippen molar-refractivity contribution in [3.63, 3.8) is 0 Å². The number of nitrogens with one attached hydrogen (secondary N) is 2. The summed E-state index contributed by atoms with van der Waals surface area (Å²) >= 11 is 0. The number of aromatic amines is 1. The molecule has 1 amide bonds. The van der Waals surface area contributed by atoms with E-state index < -0.39 is 0 Å². The predicted molar refractivity (Wildman–Crippen MR) is 120 cm³/mol. The molecule has 158 valence electrons. The summed E-state index contributed by atoms with van der Waals surface area (Å²) in [5.74, 6) is 0.920. The van der Waals surface area contributed by atoms with Gasteiger partial charge in [0.05, 0.1) is 22.8 Å². The third kappa shape index (κ3) is 4.13. The normalized spacial score (nSPS) is 11.0. The molecule has 0 aliphatic rings. The van der Waals surface area contributed by atoms with Gasteiger partial charge in [-0.05, 0) is 36.4 Å². The minimum atomic E-state index is -0.378. The van der Waals surface area contributed by atoms with Crippen molar-refractivity contribution in [3.8, 4) is 22.7 Å². The van der Waals surface area contributed by atoms with Crippen LogP contribution >= 0.6 is 0 Å². The van der Waals surface area contributed by atoms with E-state index in [-0.39, 0.29) is 18.1 Å². The van der Waals surface area contributed by atoms with Crippen molar-refractivity contribution in [1.82, 2.24) is 15.0 Å². The minimum absolute atomic E-state index is 0.169. The fourth-order valence-corrected chi connectivity index (χ4v) is 3.49. The molecule has 0 saturated heterocycles. The van der Waals surface area contributed by atoms with E-state index in [1.54, 1.807) is 18.2 Å². The molecule has 3 aromatic carbocycles. The van der Waals surface area contributed by atoms with Gasteiger partial charge in [-0.2, -0.15) is 0 Å². The van der Waals surface area contributed by atoms with Gasteiger partial charge in [0.2, 0.25) is 5.91 Å². The molecule has 7 heteroatoms. The highest BCUT2D eigenvalue weighted by Crippen LogP contribution is 2.25. The number of carbonyl (C=O) groups is 1. The topological polar surface area (TPSA) is 83.8 Å². The summed E-state index contributed by atoms with van der Waals surface area (Å²) in [5.41, 5.74) is 3.74. The lowest BCUT2D eigenvalue weighted by molar-refractivity contribution is -0.116. The van der Waals surface area contributed by atoms with E-state index in [9.17, 15) is 9.18 Å². The summed E-state index contributed by atoms with van der Waals surface area (Å²) in [6.07, 6.45) is 1.97. The Bertz CT molecular complexity index is 1370. The van der Waals surface area contributed by atoms with E-state index in [0.717, 1.165) is 22.4 Å². The van der Waals surface area contributed by atoms with Crippen molar-refractivity contribution < 1.29 is 13.6 Å². The van der Waals surface area contributed by atoms with Crippen molar-refractivity contribution in [1.29, 1.82) is 0 Å². The zero-order valence-corrected chi connectivity index (χ0v) is 17.0. The Labute approximate surface area is 183 Å². The maximum Gasteiger partial charge on any atom is 0.224 e. The molecule has 0 fully saturated rings. The highest BCUT2D eigenvalue weighted by Gasteiger charge is 2.12. The summed E-state index contributed by atoms with van der Waals surface area (Å²) < 4.78 is 19.5. The van der Waals surface area contributed by atoms with Crippen LogP contribution in [-0.2, 0) is 11.2 Å². The number of imidazole rings is 1. The zero-order chi connectivity index (χ0) is 21.9. The van der Waals surface area contributed by atoms with Gasteiger partial charge in [0, 0.05) is 24.1 Å². The van der Waals surface area contributed by atoms with Crippen LogP contribution in [0.4, 0.5) is 10.1 Å². The number of aryl methyl sites for hydroxylation is 1. The monoisotopic (exact) mass is 426 g/mol. The molecule has 0 unspecified atom stereocenters. The van der Waals surface area contributed by atoms with Gasteiger partial charge in [-0.1, -0.05) is 36.4 Å². The number of carbonyl (C=O) groups excluding carboxylic acids is 1. The predicted octanol–water partition coefficient (Wildman–Crippen LogP) is 5.60. The molecule has 0 aliphatic heterocycles. The van der Waals surface area contributed by atoms with Gasteiger partial charge in [-0.3, -0.25) is 4.79 Å². The zero-order valence-electron chi connectivity index (χ0n) is 17.0. The van der Waals surface area contributed by atoms with Crippen LogP contribution < -0.4 is 5.32 Å². The van der Waals surface area contributed by atoms with E-state index in [1.165, 1.54) is 12.3 Å². The molecule has 0 atom stereocenters. The second-order valence-corrected chi connectivity index (χ2v) is 7.33. The molecule has 0 saturated carbocycles. The number of rotatable bonds is 6. The first-order valence-corrected chi connectivity index (χ1v) is 10.2. The number of hydrogen-bond acceptors (Lipinski definition) is 4. The van der Waals surface area contributed by atoms with Gasteiger partial charge in [-0.15, -0.1) is 0 Å². The van der Waals surface area contributed by atoms with Crippen LogP contribution in [0.1, 0.15) is 12.3 Å². The lowest BCUT2D eigenvalue weighted by Crippen LogP contribution is -2.12. The average Bonchev–Trinajstić information content (AvgIpc) is 3.45. The number of fused-ring (bicyclic) bond motifs is 1. The van der Waals surface area contributed by atoms with Gasteiger partial charge < -0.3 is 14.7 Å².